The van der Waals surface area contributed by atoms with Crippen LogP contribution in [0.4, 0.5) is 0 Å². The summed E-state index contributed by atoms with van der Waals surface area (Å²) in [5.41, 5.74) is 0. The SMILES string of the molecule is CCCCCCCC[C@H](CC)C(=O)O. The number of hydrogen-bond donors (Lipinski definition) is 1. The van der Waals surface area contributed by atoms with E-state index in [0.717, 1.165) is 19.3 Å². The van der Waals surface area contributed by atoms with Crippen molar-refractivity contribution in [2.45, 2.75) is 65.2 Å². The number of carboxylic acids is 1. The predicted octanol–water partition coefficient (Wildman–Crippen LogP) is 3.85. The van der Waals surface area contributed by atoms with E-state index >= 15 is 0 Å². The Hall–Kier alpha value is -0.530. The van der Waals surface area contributed by atoms with E-state index in [2.05, 4.69) is 6.92 Å². The Labute approximate surface area is 87.7 Å². The molecule has 0 saturated heterocycles. The molecule has 0 aliphatic heterocycles. The zero-order valence-corrected chi connectivity index (χ0v) is 9.59. The van der Waals surface area contributed by atoms with Crippen LogP contribution in [0, 0.1) is 5.92 Å². The van der Waals surface area contributed by atoms with Crippen LogP contribution in [0.15, 0.2) is 0 Å². The Kier molecular flexibility index (Phi) is 8.70. The van der Waals surface area contributed by atoms with Crippen LogP contribution in [-0.2, 0) is 4.79 Å². The zero-order chi connectivity index (χ0) is 10.8. The first kappa shape index (κ1) is 13.5. The van der Waals surface area contributed by atoms with Crippen molar-refractivity contribution in [3.63, 3.8) is 0 Å². The molecule has 0 amide bonds. The molecule has 0 aromatic carbocycles. The molecule has 1 atom stereocenters. The Morgan fingerprint density at radius 3 is 2.14 bits per heavy atom. The number of hydrogen-bond acceptors (Lipinski definition) is 1. The predicted molar refractivity (Wildman–Crippen MR) is 59.4 cm³/mol. The van der Waals surface area contributed by atoms with Crippen molar-refractivity contribution in [1.29, 1.82) is 0 Å². The van der Waals surface area contributed by atoms with E-state index in [4.69, 9.17) is 5.11 Å². The van der Waals surface area contributed by atoms with Crippen molar-refractivity contribution in [3.8, 4) is 0 Å². The van der Waals surface area contributed by atoms with Crippen molar-refractivity contribution >= 4 is 5.97 Å². The normalized spacial score (nSPS) is 12.7. The van der Waals surface area contributed by atoms with Crippen LogP contribution in [0.2, 0.25) is 0 Å². The van der Waals surface area contributed by atoms with Crippen LogP contribution in [0.1, 0.15) is 65.2 Å². The van der Waals surface area contributed by atoms with E-state index in [0.29, 0.717) is 0 Å². The van der Waals surface area contributed by atoms with Gasteiger partial charge in [0.15, 0.2) is 0 Å². The fraction of sp³-hybridized carbons (Fsp3) is 0.917. The van der Waals surface area contributed by atoms with Gasteiger partial charge in [0.2, 0.25) is 0 Å². The van der Waals surface area contributed by atoms with Crippen molar-refractivity contribution in [3.05, 3.63) is 0 Å². The second-order valence-electron chi connectivity index (χ2n) is 4.00. The topological polar surface area (TPSA) is 37.3 Å². The van der Waals surface area contributed by atoms with E-state index in [1.54, 1.807) is 0 Å². The van der Waals surface area contributed by atoms with Crippen LogP contribution in [0.3, 0.4) is 0 Å². The number of aliphatic carboxylic acids is 1. The van der Waals surface area contributed by atoms with E-state index in [1.165, 1.54) is 32.1 Å². The molecule has 0 saturated carbocycles. The molecule has 2 heteroatoms. The molecule has 0 radical (unpaired) electrons. The number of carbonyl (C=O) groups is 1. The van der Waals surface area contributed by atoms with E-state index < -0.39 is 5.97 Å². The van der Waals surface area contributed by atoms with Gasteiger partial charge in [-0.15, -0.1) is 0 Å². The minimum Gasteiger partial charge on any atom is -0.481 e. The molecule has 0 spiro atoms. The second kappa shape index (κ2) is 9.04. The average molecular weight is 200 g/mol. The Bertz CT molecular complexity index is 143. The van der Waals surface area contributed by atoms with Gasteiger partial charge >= 0.3 is 5.97 Å². The lowest BCUT2D eigenvalue weighted by molar-refractivity contribution is -0.142. The maximum atomic E-state index is 10.7. The average Bonchev–Trinajstić information content (AvgIpc) is 2.16. The summed E-state index contributed by atoms with van der Waals surface area (Å²) in [6.07, 6.45) is 9.06. The van der Waals surface area contributed by atoms with Gasteiger partial charge in [0.1, 0.15) is 0 Å². The third kappa shape index (κ3) is 6.93. The van der Waals surface area contributed by atoms with Crippen molar-refractivity contribution < 1.29 is 9.90 Å². The standard InChI is InChI=1S/C12H24O2/c1-3-5-6-7-8-9-10-11(4-2)12(13)14/h11H,3-10H2,1-2H3,(H,13,14)/t11-/m0/s1. The molecule has 0 bridgehead atoms. The largest absolute Gasteiger partial charge is 0.481 e. The van der Waals surface area contributed by atoms with Gasteiger partial charge < -0.3 is 5.11 Å². The van der Waals surface area contributed by atoms with Gasteiger partial charge in [0, 0.05) is 0 Å². The monoisotopic (exact) mass is 200 g/mol. The molecule has 0 fully saturated rings. The minimum absolute atomic E-state index is 0.110. The van der Waals surface area contributed by atoms with Gasteiger partial charge in [0.25, 0.3) is 0 Å². The Morgan fingerprint density at radius 1 is 1.07 bits per heavy atom. The quantitative estimate of drug-likeness (QED) is 0.574. The van der Waals surface area contributed by atoms with Crippen LogP contribution >= 0.6 is 0 Å². The summed E-state index contributed by atoms with van der Waals surface area (Å²) in [5.74, 6) is -0.734. The van der Waals surface area contributed by atoms with E-state index in [9.17, 15) is 4.79 Å². The maximum absolute atomic E-state index is 10.7. The van der Waals surface area contributed by atoms with Crippen LogP contribution < -0.4 is 0 Å². The molecule has 84 valence electrons. The van der Waals surface area contributed by atoms with Crippen LogP contribution in [0.25, 0.3) is 0 Å². The van der Waals surface area contributed by atoms with E-state index in [1.807, 2.05) is 6.92 Å². The fourth-order valence-corrected chi connectivity index (χ4v) is 1.67. The van der Waals surface area contributed by atoms with Crippen molar-refractivity contribution in [1.82, 2.24) is 0 Å². The molecule has 0 rings (SSSR count). The van der Waals surface area contributed by atoms with Gasteiger partial charge in [-0.1, -0.05) is 52.4 Å². The summed E-state index contributed by atoms with van der Waals surface area (Å²) >= 11 is 0. The summed E-state index contributed by atoms with van der Waals surface area (Å²) in [4.78, 5) is 10.7. The maximum Gasteiger partial charge on any atom is 0.306 e. The molecular weight excluding hydrogens is 176 g/mol. The van der Waals surface area contributed by atoms with Crippen molar-refractivity contribution in [2.75, 3.05) is 0 Å². The molecule has 0 aliphatic carbocycles. The highest BCUT2D eigenvalue weighted by Gasteiger charge is 2.13. The summed E-state index contributed by atoms with van der Waals surface area (Å²) in [6.45, 7) is 4.16. The van der Waals surface area contributed by atoms with Crippen LogP contribution in [-0.4, -0.2) is 11.1 Å². The molecular formula is C12H24O2. The first-order chi connectivity index (χ1) is 6.72. The van der Waals surface area contributed by atoms with Gasteiger partial charge in [-0.05, 0) is 12.8 Å². The highest BCUT2D eigenvalue weighted by atomic mass is 16.4. The van der Waals surface area contributed by atoms with Gasteiger partial charge in [-0.2, -0.15) is 0 Å². The lowest BCUT2D eigenvalue weighted by Gasteiger charge is -2.08. The molecule has 0 unspecified atom stereocenters. The Balaban J connectivity index is 3.29. The van der Waals surface area contributed by atoms with Crippen LogP contribution in [0.5, 0.6) is 0 Å². The third-order valence-corrected chi connectivity index (χ3v) is 2.75. The molecule has 14 heavy (non-hydrogen) atoms. The zero-order valence-electron chi connectivity index (χ0n) is 9.59. The number of unbranched alkanes of at least 4 members (excludes halogenated alkanes) is 5. The molecule has 1 N–H and O–H groups in total. The molecule has 0 aliphatic rings. The Morgan fingerprint density at radius 2 is 1.64 bits per heavy atom. The van der Waals surface area contributed by atoms with Gasteiger partial charge in [0.05, 0.1) is 5.92 Å². The molecule has 0 aromatic rings. The molecule has 0 aromatic heterocycles. The third-order valence-electron chi connectivity index (χ3n) is 2.75. The summed E-state index contributed by atoms with van der Waals surface area (Å²) in [7, 11) is 0. The highest BCUT2D eigenvalue weighted by molar-refractivity contribution is 5.69. The van der Waals surface area contributed by atoms with Crippen molar-refractivity contribution in [2.24, 2.45) is 5.92 Å². The molecule has 0 heterocycles. The first-order valence-corrected chi connectivity index (χ1v) is 5.95. The minimum atomic E-state index is -0.624. The lowest BCUT2D eigenvalue weighted by atomic mass is 9.98. The number of carboxylic acid groups (broad SMARTS) is 1. The molecule has 2 nitrogen and oxygen atoms in total. The summed E-state index contributed by atoms with van der Waals surface area (Å²) < 4.78 is 0. The van der Waals surface area contributed by atoms with Gasteiger partial charge in [-0.25, -0.2) is 0 Å². The van der Waals surface area contributed by atoms with Gasteiger partial charge in [-0.3, -0.25) is 4.79 Å². The second-order valence-corrected chi connectivity index (χ2v) is 4.00. The van der Waals surface area contributed by atoms with E-state index in [-0.39, 0.29) is 5.92 Å². The fourth-order valence-electron chi connectivity index (χ4n) is 1.67. The summed E-state index contributed by atoms with van der Waals surface area (Å²) in [5, 5.41) is 8.81. The highest BCUT2D eigenvalue weighted by Crippen LogP contribution is 2.15. The lowest BCUT2D eigenvalue weighted by Crippen LogP contribution is -2.12. The smallest absolute Gasteiger partial charge is 0.306 e. The first-order valence-electron chi connectivity index (χ1n) is 5.95. The summed E-state index contributed by atoms with van der Waals surface area (Å²) in [6, 6.07) is 0. The number of rotatable bonds is 9.